The molecule has 106 valence electrons. The minimum atomic E-state index is -0.581. The summed E-state index contributed by atoms with van der Waals surface area (Å²) in [7, 11) is 0. The van der Waals surface area contributed by atoms with Crippen molar-refractivity contribution in [3.63, 3.8) is 0 Å². The molecule has 0 radical (unpaired) electrons. The van der Waals surface area contributed by atoms with E-state index in [1.54, 1.807) is 0 Å². The average molecular weight is 307 g/mol. The first-order chi connectivity index (χ1) is 10.0. The topological polar surface area (TPSA) is 133 Å². The molecule has 3 aromatic rings. The molecular formula is C11H7ClN6O3. The first kappa shape index (κ1) is 13.1. The highest BCUT2D eigenvalue weighted by molar-refractivity contribution is 6.30. The number of nitro benzene ring substituents is 1. The predicted octanol–water partition coefficient (Wildman–Crippen LogP) is 2.29. The smallest absolute Gasteiger partial charge is 0.311 e. The van der Waals surface area contributed by atoms with Gasteiger partial charge in [0.15, 0.2) is 5.65 Å². The molecule has 1 aromatic carbocycles. The van der Waals surface area contributed by atoms with Gasteiger partial charge in [-0.1, -0.05) is 11.6 Å². The van der Waals surface area contributed by atoms with Crippen LogP contribution in [0.2, 0.25) is 5.02 Å². The molecule has 0 saturated heterocycles. The van der Waals surface area contributed by atoms with E-state index in [9.17, 15) is 10.1 Å². The van der Waals surface area contributed by atoms with Gasteiger partial charge in [-0.05, 0) is 6.07 Å². The number of H-pyrrole nitrogens is 1. The summed E-state index contributed by atoms with van der Waals surface area (Å²) in [4.78, 5) is 18.3. The summed E-state index contributed by atoms with van der Waals surface area (Å²) in [6.45, 7) is 0. The molecule has 21 heavy (non-hydrogen) atoms. The standard InChI is InChI=1S/C11H7ClN6O3/c12-5-1-2-7(18(19)20)8(3-5)21-10-6-4-14-17-9(6)15-11(13)16-10/h1-4H,(H3,13,14,15,16,17). The van der Waals surface area contributed by atoms with Gasteiger partial charge in [-0.3, -0.25) is 15.2 Å². The number of nitrogen functional groups attached to an aromatic ring is 1. The molecule has 0 unspecified atom stereocenters. The van der Waals surface area contributed by atoms with Crippen LogP contribution in [-0.4, -0.2) is 25.1 Å². The molecule has 0 atom stereocenters. The van der Waals surface area contributed by atoms with E-state index in [-0.39, 0.29) is 23.3 Å². The molecular weight excluding hydrogens is 300 g/mol. The lowest BCUT2D eigenvalue weighted by atomic mass is 10.3. The fraction of sp³-hybridized carbons (Fsp3) is 0. The van der Waals surface area contributed by atoms with E-state index in [0.29, 0.717) is 16.1 Å². The summed E-state index contributed by atoms with van der Waals surface area (Å²) in [5, 5.41) is 18.2. The highest BCUT2D eigenvalue weighted by Crippen LogP contribution is 2.35. The molecule has 10 heteroatoms. The fourth-order valence-electron chi connectivity index (χ4n) is 1.73. The van der Waals surface area contributed by atoms with Crippen LogP contribution in [0.5, 0.6) is 11.6 Å². The largest absolute Gasteiger partial charge is 0.431 e. The third-order valence-electron chi connectivity index (χ3n) is 2.62. The number of fused-ring (bicyclic) bond motifs is 1. The van der Waals surface area contributed by atoms with Crippen molar-refractivity contribution < 1.29 is 9.66 Å². The number of hydrogen-bond acceptors (Lipinski definition) is 7. The van der Waals surface area contributed by atoms with E-state index < -0.39 is 4.92 Å². The molecule has 0 aliphatic heterocycles. The monoisotopic (exact) mass is 306 g/mol. The SMILES string of the molecule is Nc1nc(Oc2cc(Cl)ccc2[N+](=O)[O-])c2cn[nH]c2n1. The molecule has 2 aromatic heterocycles. The van der Waals surface area contributed by atoms with Gasteiger partial charge in [0.2, 0.25) is 17.6 Å². The molecule has 0 spiro atoms. The lowest BCUT2D eigenvalue weighted by molar-refractivity contribution is -0.385. The van der Waals surface area contributed by atoms with Crippen LogP contribution < -0.4 is 10.5 Å². The molecule has 0 amide bonds. The number of halogens is 1. The van der Waals surface area contributed by atoms with Gasteiger partial charge in [-0.25, -0.2) is 0 Å². The van der Waals surface area contributed by atoms with E-state index >= 15 is 0 Å². The molecule has 0 aliphatic carbocycles. The van der Waals surface area contributed by atoms with Crippen LogP contribution in [0.4, 0.5) is 11.6 Å². The third kappa shape index (κ3) is 2.41. The Morgan fingerprint density at radius 3 is 2.95 bits per heavy atom. The second-order valence-electron chi connectivity index (χ2n) is 3.99. The van der Waals surface area contributed by atoms with Crippen molar-refractivity contribution in [2.45, 2.75) is 0 Å². The number of nitrogens with two attached hydrogens (primary N) is 1. The number of aromatic nitrogens is 4. The molecule has 0 aliphatic rings. The van der Waals surface area contributed by atoms with Crippen LogP contribution in [0, 0.1) is 10.1 Å². The highest BCUT2D eigenvalue weighted by atomic mass is 35.5. The summed E-state index contributed by atoms with van der Waals surface area (Å²) in [5.74, 6) is -0.0452. The van der Waals surface area contributed by atoms with Crippen molar-refractivity contribution in [1.29, 1.82) is 0 Å². The number of hydrogen-bond donors (Lipinski definition) is 2. The molecule has 3 N–H and O–H groups in total. The average Bonchev–Trinajstić information content (AvgIpc) is 2.86. The lowest BCUT2D eigenvalue weighted by Gasteiger charge is -2.07. The lowest BCUT2D eigenvalue weighted by Crippen LogP contribution is -1.99. The Labute approximate surface area is 121 Å². The van der Waals surface area contributed by atoms with Crippen LogP contribution in [0.15, 0.2) is 24.4 Å². The van der Waals surface area contributed by atoms with Crippen LogP contribution in [0.25, 0.3) is 11.0 Å². The minimum Gasteiger partial charge on any atom is -0.431 e. The Morgan fingerprint density at radius 2 is 2.19 bits per heavy atom. The Bertz CT molecular complexity index is 849. The summed E-state index contributed by atoms with van der Waals surface area (Å²) in [6, 6.07) is 3.97. The first-order valence-corrected chi connectivity index (χ1v) is 6.01. The Balaban J connectivity index is 2.12. The maximum Gasteiger partial charge on any atom is 0.311 e. The van der Waals surface area contributed by atoms with Gasteiger partial charge >= 0.3 is 5.69 Å². The minimum absolute atomic E-state index is 0.0481. The number of aromatic amines is 1. The fourth-order valence-corrected chi connectivity index (χ4v) is 1.89. The number of nitrogens with one attached hydrogen (secondary N) is 1. The number of benzene rings is 1. The van der Waals surface area contributed by atoms with Crippen molar-refractivity contribution in [2.75, 3.05) is 5.73 Å². The molecule has 3 rings (SSSR count). The predicted molar refractivity (Wildman–Crippen MR) is 74.3 cm³/mol. The zero-order valence-electron chi connectivity index (χ0n) is 10.3. The highest BCUT2D eigenvalue weighted by Gasteiger charge is 2.19. The van der Waals surface area contributed by atoms with Gasteiger partial charge in [0.1, 0.15) is 5.39 Å². The zero-order chi connectivity index (χ0) is 15.0. The molecule has 0 saturated carbocycles. The number of anilines is 1. The van der Waals surface area contributed by atoms with Crippen LogP contribution in [-0.2, 0) is 0 Å². The zero-order valence-corrected chi connectivity index (χ0v) is 11.0. The second kappa shape index (κ2) is 4.87. The van der Waals surface area contributed by atoms with Crippen LogP contribution >= 0.6 is 11.6 Å². The Hall–Kier alpha value is -2.94. The number of nitrogens with zero attached hydrogens (tertiary/aromatic N) is 4. The summed E-state index contributed by atoms with van der Waals surface area (Å²) >= 11 is 5.84. The van der Waals surface area contributed by atoms with E-state index in [2.05, 4.69) is 20.2 Å². The summed E-state index contributed by atoms with van der Waals surface area (Å²) in [5.41, 5.74) is 5.68. The maximum atomic E-state index is 11.0. The number of ether oxygens (including phenoxy) is 1. The van der Waals surface area contributed by atoms with Crippen molar-refractivity contribution in [2.24, 2.45) is 0 Å². The summed E-state index contributed by atoms with van der Waals surface area (Å²) in [6.07, 6.45) is 1.43. The van der Waals surface area contributed by atoms with E-state index in [0.717, 1.165) is 0 Å². The van der Waals surface area contributed by atoms with Gasteiger partial charge in [0.25, 0.3) is 0 Å². The van der Waals surface area contributed by atoms with E-state index in [1.165, 1.54) is 24.4 Å². The number of rotatable bonds is 3. The third-order valence-corrected chi connectivity index (χ3v) is 2.85. The van der Waals surface area contributed by atoms with Gasteiger partial charge in [-0.2, -0.15) is 15.1 Å². The number of nitro groups is 1. The molecule has 0 fully saturated rings. The maximum absolute atomic E-state index is 11.0. The molecule has 0 bridgehead atoms. The van der Waals surface area contributed by atoms with Crippen molar-refractivity contribution >= 4 is 34.3 Å². The van der Waals surface area contributed by atoms with E-state index in [1.807, 2.05) is 0 Å². The summed E-state index contributed by atoms with van der Waals surface area (Å²) < 4.78 is 5.49. The van der Waals surface area contributed by atoms with Gasteiger partial charge in [0.05, 0.1) is 11.1 Å². The normalized spacial score (nSPS) is 10.7. The van der Waals surface area contributed by atoms with E-state index in [4.69, 9.17) is 22.1 Å². The van der Waals surface area contributed by atoms with Crippen LogP contribution in [0.3, 0.4) is 0 Å². The van der Waals surface area contributed by atoms with Gasteiger partial charge in [-0.15, -0.1) is 0 Å². The second-order valence-corrected chi connectivity index (χ2v) is 4.43. The Morgan fingerprint density at radius 1 is 1.38 bits per heavy atom. The van der Waals surface area contributed by atoms with Gasteiger partial charge < -0.3 is 10.5 Å². The van der Waals surface area contributed by atoms with Crippen molar-refractivity contribution in [3.8, 4) is 11.6 Å². The first-order valence-electron chi connectivity index (χ1n) is 5.63. The van der Waals surface area contributed by atoms with Crippen molar-refractivity contribution in [1.82, 2.24) is 20.2 Å². The molecule has 2 heterocycles. The molecule has 9 nitrogen and oxygen atoms in total. The quantitative estimate of drug-likeness (QED) is 0.560. The van der Waals surface area contributed by atoms with Gasteiger partial charge in [0, 0.05) is 17.2 Å². The van der Waals surface area contributed by atoms with Crippen LogP contribution in [0.1, 0.15) is 0 Å². The van der Waals surface area contributed by atoms with Crippen molar-refractivity contribution in [3.05, 3.63) is 39.5 Å². The Kier molecular flexibility index (Phi) is 3.03.